The van der Waals surface area contributed by atoms with E-state index in [0.717, 1.165) is 11.3 Å². The van der Waals surface area contributed by atoms with Crippen LogP contribution in [0.5, 0.6) is 0 Å². The second-order valence-electron chi connectivity index (χ2n) is 4.32. The molecule has 0 atom stereocenters. The smallest absolute Gasteiger partial charge is 0.291 e. The van der Waals surface area contributed by atoms with Crippen LogP contribution in [0.25, 0.3) is 11.1 Å². The van der Waals surface area contributed by atoms with Gasteiger partial charge < -0.3 is 9.73 Å². The molecule has 2 heterocycles. The fourth-order valence-corrected chi connectivity index (χ4v) is 1.90. The van der Waals surface area contributed by atoms with Crippen molar-refractivity contribution in [3.8, 4) is 0 Å². The zero-order chi connectivity index (χ0) is 13.2. The number of amides is 1. The van der Waals surface area contributed by atoms with Crippen LogP contribution in [0, 0.1) is 6.92 Å². The zero-order valence-corrected chi connectivity index (χ0v) is 10.4. The lowest BCUT2D eigenvalue weighted by Crippen LogP contribution is -2.10. The Morgan fingerprint density at radius 3 is 2.89 bits per heavy atom. The molecule has 0 saturated carbocycles. The van der Waals surface area contributed by atoms with Gasteiger partial charge in [-0.3, -0.25) is 9.78 Å². The predicted molar refractivity (Wildman–Crippen MR) is 73.1 cm³/mol. The van der Waals surface area contributed by atoms with Gasteiger partial charge in [-0.25, -0.2) is 0 Å². The van der Waals surface area contributed by atoms with Crippen LogP contribution in [0.3, 0.4) is 0 Å². The highest BCUT2D eigenvalue weighted by Crippen LogP contribution is 2.18. The summed E-state index contributed by atoms with van der Waals surface area (Å²) in [6.07, 6.45) is 1.67. The molecule has 2 aromatic heterocycles. The number of anilines is 1. The van der Waals surface area contributed by atoms with Crippen LogP contribution in [0.15, 0.2) is 53.1 Å². The first-order chi connectivity index (χ1) is 9.22. The quantitative estimate of drug-likeness (QED) is 0.760. The van der Waals surface area contributed by atoms with Crippen LogP contribution in [0.1, 0.15) is 16.1 Å². The van der Waals surface area contributed by atoms with Gasteiger partial charge in [0.2, 0.25) is 0 Å². The molecule has 0 aliphatic heterocycles. The van der Waals surface area contributed by atoms with E-state index < -0.39 is 0 Å². The summed E-state index contributed by atoms with van der Waals surface area (Å²) < 4.78 is 5.46. The molecule has 0 saturated heterocycles. The van der Waals surface area contributed by atoms with E-state index in [1.54, 1.807) is 24.4 Å². The summed E-state index contributed by atoms with van der Waals surface area (Å²) in [5.41, 5.74) is 3.12. The number of fused-ring (bicyclic) bond motifs is 1. The molecule has 0 aliphatic rings. The van der Waals surface area contributed by atoms with Crippen molar-refractivity contribution in [2.24, 2.45) is 0 Å². The number of aromatic nitrogens is 1. The molecule has 3 rings (SSSR count). The molecule has 0 bridgehead atoms. The van der Waals surface area contributed by atoms with Crippen LogP contribution >= 0.6 is 0 Å². The fourth-order valence-electron chi connectivity index (χ4n) is 1.90. The number of benzene rings is 1. The second kappa shape index (κ2) is 4.57. The molecule has 4 heteroatoms. The Bertz CT molecular complexity index is 713. The van der Waals surface area contributed by atoms with Crippen molar-refractivity contribution >= 4 is 22.7 Å². The van der Waals surface area contributed by atoms with Gasteiger partial charge in [0.05, 0.1) is 0 Å². The van der Waals surface area contributed by atoms with Crippen LogP contribution < -0.4 is 5.32 Å². The molecule has 0 fully saturated rings. The highest BCUT2D eigenvalue weighted by atomic mass is 16.3. The minimum atomic E-state index is -0.274. The topological polar surface area (TPSA) is 55.1 Å². The Balaban J connectivity index is 1.87. The van der Waals surface area contributed by atoms with Crippen molar-refractivity contribution in [1.82, 2.24) is 4.98 Å². The Morgan fingerprint density at radius 2 is 2.11 bits per heavy atom. The van der Waals surface area contributed by atoms with Crippen molar-refractivity contribution in [3.63, 3.8) is 0 Å². The van der Waals surface area contributed by atoms with E-state index in [-0.39, 0.29) is 11.7 Å². The SMILES string of the molecule is Cc1cccc(NC(=O)c2cc3ncccc3o2)c1. The van der Waals surface area contributed by atoms with E-state index in [2.05, 4.69) is 10.3 Å². The number of hydrogen-bond acceptors (Lipinski definition) is 3. The third-order valence-electron chi connectivity index (χ3n) is 2.79. The molecule has 1 N–H and O–H groups in total. The molecule has 0 radical (unpaired) electrons. The summed E-state index contributed by atoms with van der Waals surface area (Å²) in [6.45, 7) is 1.97. The number of carbonyl (C=O) groups is 1. The van der Waals surface area contributed by atoms with Crippen LogP contribution in [0.4, 0.5) is 5.69 Å². The first-order valence-electron chi connectivity index (χ1n) is 5.95. The first-order valence-corrected chi connectivity index (χ1v) is 5.95. The van der Waals surface area contributed by atoms with Gasteiger partial charge in [0.15, 0.2) is 11.3 Å². The molecule has 0 unspecified atom stereocenters. The van der Waals surface area contributed by atoms with E-state index in [1.807, 2.05) is 31.2 Å². The third kappa shape index (κ3) is 2.33. The number of pyridine rings is 1. The highest BCUT2D eigenvalue weighted by Gasteiger charge is 2.12. The number of rotatable bonds is 2. The van der Waals surface area contributed by atoms with Crippen molar-refractivity contribution in [1.29, 1.82) is 0 Å². The predicted octanol–water partition coefficient (Wildman–Crippen LogP) is 3.39. The number of aryl methyl sites for hydroxylation is 1. The third-order valence-corrected chi connectivity index (χ3v) is 2.79. The van der Waals surface area contributed by atoms with Gasteiger partial charge in [-0.2, -0.15) is 0 Å². The van der Waals surface area contributed by atoms with E-state index in [0.29, 0.717) is 11.1 Å². The molecular formula is C15H12N2O2. The summed E-state index contributed by atoms with van der Waals surface area (Å²) in [5, 5.41) is 2.80. The van der Waals surface area contributed by atoms with Gasteiger partial charge in [0.25, 0.3) is 5.91 Å². The van der Waals surface area contributed by atoms with E-state index in [4.69, 9.17) is 4.42 Å². The molecule has 4 nitrogen and oxygen atoms in total. The molecular weight excluding hydrogens is 240 g/mol. The van der Waals surface area contributed by atoms with Gasteiger partial charge in [-0.15, -0.1) is 0 Å². The summed E-state index contributed by atoms with van der Waals surface area (Å²) in [5.74, 6) is -0.0150. The molecule has 0 aliphatic carbocycles. The molecule has 0 spiro atoms. The minimum Gasteiger partial charge on any atom is -0.449 e. The average molecular weight is 252 g/mol. The summed E-state index contributed by atoms with van der Waals surface area (Å²) >= 11 is 0. The number of nitrogens with one attached hydrogen (secondary N) is 1. The zero-order valence-electron chi connectivity index (χ0n) is 10.4. The number of furan rings is 1. The van der Waals surface area contributed by atoms with Gasteiger partial charge in [-0.05, 0) is 36.8 Å². The number of carbonyl (C=O) groups excluding carboxylic acids is 1. The molecule has 1 aromatic carbocycles. The summed E-state index contributed by atoms with van der Waals surface area (Å²) in [4.78, 5) is 16.2. The summed E-state index contributed by atoms with van der Waals surface area (Å²) in [6, 6.07) is 12.8. The lowest BCUT2D eigenvalue weighted by Gasteiger charge is -2.03. The van der Waals surface area contributed by atoms with Crippen LogP contribution in [0.2, 0.25) is 0 Å². The normalized spacial score (nSPS) is 10.6. The number of nitrogens with zero attached hydrogens (tertiary/aromatic N) is 1. The maximum Gasteiger partial charge on any atom is 0.291 e. The maximum atomic E-state index is 12.1. The highest BCUT2D eigenvalue weighted by molar-refractivity contribution is 6.04. The first kappa shape index (κ1) is 11.5. The van der Waals surface area contributed by atoms with Crippen LogP contribution in [-0.2, 0) is 0 Å². The van der Waals surface area contributed by atoms with Crippen molar-refractivity contribution < 1.29 is 9.21 Å². The van der Waals surface area contributed by atoms with E-state index >= 15 is 0 Å². The standard InChI is InChI=1S/C15H12N2O2/c1-10-4-2-5-11(8-10)17-15(18)14-9-12-13(19-14)6-3-7-16-12/h2-9H,1H3,(H,17,18). The molecule has 1 amide bonds. The van der Waals surface area contributed by atoms with E-state index in [1.165, 1.54) is 0 Å². The van der Waals surface area contributed by atoms with Crippen molar-refractivity contribution in [2.45, 2.75) is 6.92 Å². The Kier molecular flexibility index (Phi) is 2.76. The molecule has 94 valence electrons. The Labute approximate surface area is 110 Å². The van der Waals surface area contributed by atoms with E-state index in [9.17, 15) is 4.79 Å². The Morgan fingerprint density at radius 1 is 1.21 bits per heavy atom. The van der Waals surface area contributed by atoms with Crippen molar-refractivity contribution in [3.05, 3.63) is 60.0 Å². The Hall–Kier alpha value is -2.62. The monoisotopic (exact) mass is 252 g/mol. The second-order valence-corrected chi connectivity index (χ2v) is 4.32. The van der Waals surface area contributed by atoms with Crippen LogP contribution in [-0.4, -0.2) is 10.9 Å². The number of hydrogen-bond donors (Lipinski definition) is 1. The largest absolute Gasteiger partial charge is 0.449 e. The van der Waals surface area contributed by atoms with Gasteiger partial charge in [0, 0.05) is 18.0 Å². The van der Waals surface area contributed by atoms with Gasteiger partial charge >= 0.3 is 0 Å². The van der Waals surface area contributed by atoms with Gasteiger partial charge in [0.1, 0.15) is 5.52 Å². The average Bonchev–Trinajstić information content (AvgIpc) is 2.82. The molecule has 19 heavy (non-hydrogen) atoms. The lowest BCUT2D eigenvalue weighted by molar-refractivity contribution is 0.0998. The maximum absolute atomic E-state index is 12.1. The minimum absolute atomic E-state index is 0.259. The van der Waals surface area contributed by atoms with Crippen molar-refractivity contribution in [2.75, 3.05) is 5.32 Å². The lowest BCUT2D eigenvalue weighted by atomic mass is 10.2. The van der Waals surface area contributed by atoms with Gasteiger partial charge in [-0.1, -0.05) is 12.1 Å². The fraction of sp³-hybridized carbons (Fsp3) is 0.0667. The molecule has 3 aromatic rings. The summed E-state index contributed by atoms with van der Waals surface area (Å²) in [7, 11) is 0.